The van der Waals surface area contributed by atoms with Crippen LogP contribution >= 0.6 is 0 Å². The number of aryl methyl sites for hydroxylation is 1. The van der Waals surface area contributed by atoms with Crippen molar-refractivity contribution in [3.05, 3.63) is 70.3 Å². The smallest absolute Gasteiger partial charge is 0.258 e. The number of fused-ring (bicyclic) bond motifs is 1. The van der Waals surface area contributed by atoms with E-state index in [9.17, 15) is 10.1 Å². The van der Waals surface area contributed by atoms with Crippen molar-refractivity contribution < 1.29 is 4.92 Å². The fraction of sp³-hybridized carbons (Fsp3) is 0.0625. The summed E-state index contributed by atoms with van der Waals surface area (Å²) in [6, 6.07) is 16.6. The van der Waals surface area contributed by atoms with Gasteiger partial charge in [0.25, 0.3) is 5.69 Å². The second-order valence-corrected chi connectivity index (χ2v) is 4.67. The molecule has 0 aliphatic heterocycles. The maximum Gasteiger partial charge on any atom is 0.296 e. The maximum atomic E-state index is 11.3. The Labute approximate surface area is 115 Å². The number of rotatable bonds is 2. The van der Waals surface area contributed by atoms with Crippen LogP contribution in [0.5, 0.6) is 0 Å². The lowest BCUT2D eigenvalue weighted by Crippen LogP contribution is -1.95. The zero-order valence-electron chi connectivity index (χ0n) is 10.9. The summed E-state index contributed by atoms with van der Waals surface area (Å²) >= 11 is 0. The molecule has 0 atom stereocenters. The molecule has 4 heteroatoms. The Morgan fingerprint density at radius 3 is 2.45 bits per heavy atom. The molecule has 1 aromatic heterocycles. The van der Waals surface area contributed by atoms with Gasteiger partial charge in [0.05, 0.1) is 10.4 Å². The van der Waals surface area contributed by atoms with E-state index in [2.05, 4.69) is 4.98 Å². The third-order valence-electron chi connectivity index (χ3n) is 3.23. The number of nitrogens with zero attached hydrogens (tertiary/aromatic N) is 2. The number of benzene rings is 2. The minimum Gasteiger partial charge on any atom is -0.258 e. The summed E-state index contributed by atoms with van der Waals surface area (Å²) in [6.45, 7) is 1.98. The van der Waals surface area contributed by atoms with Gasteiger partial charge in [0.2, 0.25) is 0 Å². The quantitative estimate of drug-likeness (QED) is 0.516. The van der Waals surface area contributed by atoms with Crippen molar-refractivity contribution >= 4 is 16.6 Å². The molecule has 0 unspecified atom stereocenters. The van der Waals surface area contributed by atoms with Crippen molar-refractivity contribution in [2.75, 3.05) is 0 Å². The lowest BCUT2D eigenvalue weighted by Gasteiger charge is -2.05. The number of hydrogen-bond donors (Lipinski definition) is 0. The highest BCUT2D eigenvalue weighted by atomic mass is 16.6. The zero-order chi connectivity index (χ0) is 14.1. The first-order chi connectivity index (χ1) is 9.65. The van der Waals surface area contributed by atoms with Crippen LogP contribution in [-0.2, 0) is 0 Å². The van der Waals surface area contributed by atoms with E-state index >= 15 is 0 Å². The molecule has 20 heavy (non-hydrogen) atoms. The maximum absolute atomic E-state index is 11.3. The van der Waals surface area contributed by atoms with E-state index < -0.39 is 0 Å². The fourth-order valence-corrected chi connectivity index (χ4v) is 2.17. The van der Waals surface area contributed by atoms with Gasteiger partial charge in [-0.1, -0.05) is 48.0 Å². The van der Waals surface area contributed by atoms with Crippen LogP contribution in [0.25, 0.3) is 22.2 Å². The van der Waals surface area contributed by atoms with Crippen molar-refractivity contribution in [2.45, 2.75) is 6.92 Å². The third-order valence-corrected chi connectivity index (χ3v) is 3.23. The molecule has 2 aromatic carbocycles. The molecule has 0 fully saturated rings. The number of nitro groups is 1. The second-order valence-electron chi connectivity index (χ2n) is 4.67. The van der Waals surface area contributed by atoms with E-state index in [1.54, 1.807) is 6.07 Å². The predicted molar refractivity (Wildman–Crippen MR) is 78.6 cm³/mol. The molecule has 3 aromatic rings. The van der Waals surface area contributed by atoms with Crippen molar-refractivity contribution in [2.24, 2.45) is 0 Å². The molecule has 0 radical (unpaired) electrons. The van der Waals surface area contributed by atoms with Gasteiger partial charge in [0, 0.05) is 17.0 Å². The van der Waals surface area contributed by atoms with Gasteiger partial charge in [-0.05, 0) is 13.0 Å². The first kappa shape index (κ1) is 12.3. The topological polar surface area (TPSA) is 56.0 Å². The highest BCUT2D eigenvalue weighted by molar-refractivity contribution is 5.86. The standard InChI is InChI=1S/C16H12N2O2/c1-11-6-8-12(9-7-11)16-15(18(19)20)10-13-4-2-3-5-14(13)17-16/h2-10H,1H3. The average molecular weight is 264 g/mol. The minimum absolute atomic E-state index is 0.0348. The van der Waals surface area contributed by atoms with Gasteiger partial charge < -0.3 is 0 Å². The molecule has 1 heterocycles. The summed E-state index contributed by atoms with van der Waals surface area (Å²) in [7, 11) is 0. The Morgan fingerprint density at radius 2 is 1.75 bits per heavy atom. The molecular weight excluding hydrogens is 252 g/mol. The highest BCUT2D eigenvalue weighted by Crippen LogP contribution is 2.31. The van der Waals surface area contributed by atoms with Crippen LogP contribution < -0.4 is 0 Å². The van der Waals surface area contributed by atoms with Crippen molar-refractivity contribution in [1.82, 2.24) is 4.98 Å². The van der Waals surface area contributed by atoms with Crippen molar-refractivity contribution in [3.63, 3.8) is 0 Å². The van der Waals surface area contributed by atoms with Crippen LogP contribution in [0.3, 0.4) is 0 Å². The molecular formula is C16H12N2O2. The number of para-hydroxylation sites is 1. The highest BCUT2D eigenvalue weighted by Gasteiger charge is 2.18. The number of aromatic nitrogens is 1. The molecule has 0 aliphatic rings. The average Bonchev–Trinajstić information content (AvgIpc) is 2.46. The van der Waals surface area contributed by atoms with Gasteiger partial charge in [-0.25, -0.2) is 4.98 Å². The van der Waals surface area contributed by atoms with Crippen LogP contribution in [0, 0.1) is 17.0 Å². The van der Waals surface area contributed by atoms with Gasteiger partial charge >= 0.3 is 0 Å². The summed E-state index contributed by atoms with van der Waals surface area (Å²) in [6.07, 6.45) is 0. The third kappa shape index (κ3) is 2.12. The van der Waals surface area contributed by atoms with E-state index in [4.69, 9.17) is 0 Å². The number of hydrogen-bond acceptors (Lipinski definition) is 3. The van der Waals surface area contributed by atoms with Crippen molar-refractivity contribution in [3.8, 4) is 11.3 Å². The van der Waals surface area contributed by atoms with Gasteiger partial charge in [-0.15, -0.1) is 0 Å². The Hall–Kier alpha value is -2.75. The fourth-order valence-electron chi connectivity index (χ4n) is 2.17. The molecule has 4 nitrogen and oxygen atoms in total. The minimum atomic E-state index is -0.380. The second kappa shape index (κ2) is 4.74. The van der Waals surface area contributed by atoms with E-state index in [0.29, 0.717) is 5.69 Å². The lowest BCUT2D eigenvalue weighted by molar-refractivity contribution is -0.384. The van der Waals surface area contributed by atoms with Gasteiger partial charge in [0.15, 0.2) is 0 Å². The van der Waals surface area contributed by atoms with E-state index in [1.165, 1.54) is 0 Å². The van der Waals surface area contributed by atoms with Crippen LogP contribution in [0.1, 0.15) is 5.56 Å². The van der Waals surface area contributed by atoms with Gasteiger partial charge in [-0.2, -0.15) is 0 Å². The van der Waals surface area contributed by atoms with Crippen LogP contribution in [0.2, 0.25) is 0 Å². The zero-order valence-corrected chi connectivity index (χ0v) is 10.9. The Balaban J connectivity index is 2.29. The SMILES string of the molecule is Cc1ccc(-c2nc3ccccc3cc2[N+](=O)[O-])cc1. The van der Waals surface area contributed by atoms with Gasteiger partial charge in [-0.3, -0.25) is 10.1 Å². The van der Waals surface area contributed by atoms with Crippen LogP contribution in [0.15, 0.2) is 54.6 Å². The molecule has 0 aliphatic carbocycles. The summed E-state index contributed by atoms with van der Waals surface area (Å²) in [5, 5.41) is 12.0. The van der Waals surface area contributed by atoms with Crippen LogP contribution in [-0.4, -0.2) is 9.91 Å². The summed E-state index contributed by atoms with van der Waals surface area (Å²) < 4.78 is 0. The first-order valence-electron chi connectivity index (χ1n) is 6.26. The monoisotopic (exact) mass is 264 g/mol. The van der Waals surface area contributed by atoms with Gasteiger partial charge in [0.1, 0.15) is 5.69 Å². The normalized spacial score (nSPS) is 10.7. The molecule has 0 spiro atoms. The molecule has 0 bridgehead atoms. The molecule has 98 valence electrons. The Morgan fingerprint density at radius 1 is 1.05 bits per heavy atom. The summed E-state index contributed by atoms with van der Waals surface area (Å²) in [5.41, 5.74) is 3.07. The molecule has 0 saturated carbocycles. The Bertz CT molecular complexity index is 795. The largest absolute Gasteiger partial charge is 0.296 e. The van der Waals surface area contributed by atoms with E-state index in [0.717, 1.165) is 22.0 Å². The first-order valence-corrected chi connectivity index (χ1v) is 6.26. The predicted octanol–water partition coefficient (Wildman–Crippen LogP) is 4.12. The van der Waals surface area contributed by atoms with E-state index in [-0.39, 0.29) is 10.6 Å². The van der Waals surface area contributed by atoms with Crippen molar-refractivity contribution in [1.29, 1.82) is 0 Å². The van der Waals surface area contributed by atoms with Crippen LogP contribution in [0.4, 0.5) is 5.69 Å². The summed E-state index contributed by atoms with van der Waals surface area (Å²) in [4.78, 5) is 15.3. The molecule has 0 amide bonds. The van der Waals surface area contributed by atoms with E-state index in [1.807, 2.05) is 55.5 Å². The summed E-state index contributed by atoms with van der Waals surface area (Å²) in [5.74, 6) is 0. The lowest BCUT2D eigenvalue weighted by atomic mass is 10.1. The molecule has 3 rings (SSSR count). The number of pyridine rings is 1. The molecule has 0 saturated heterocycles. The molecule has 0 N–H and O–H groups in total. The Kier molecular flexibility index (Phi) is 2.91.